The Balaban J connectivity index is 1.77. The first-order valence-corrected chi connectivity index (χ1v) is 9.58. The molecule has 4 aromatic rings. The van der Waals surface area contributed by atoms with Crippen molar-refractivity contribution in [3.63, 3.8) is 0 Å². The molecule has 4 rings (SSSR count). The Morgan fingerprint density at radius 1 is 1.24 bits per heavy atom. The summed E-state index contributed by atoms with van der Waals surface area (Å²) in [5.74, 6) is -0.476. The fourth-order valence-electron chi connectivity index (χ4n) is 2.64. The van der Waals surface area contributed by atoms with E-state index in [1.165, 1.54) is 16.7 Å². The Hall–Kier alpha value is -2.72. The van der Waals surface area contributed by atoms with Crippen molar-refractivity contribution in [1.29, 1.82) is 0 Å². The molecule has 1 N–H and O–H groups in total. The van der Waals surface area contributed by atoms with Gasteiger partial charge in [-0.25, -0.2) is 13.2 Å². The fraction of sp³-hybridized carbons (Fsp3) is 0.133. The van der Waals surface area contributed by atoms with Crippen molar-refractivity contribution in [3.05, 3.63) is 46.9 Å². The van der Waals surface area contributed by atoms with Crippen molar-refractivity contribution in [2.75, 3.05) is 4.72 Å². The van der Waals surface area contributed by atoms with Gasteiger partial charge >= 0.3 is 5.76 Å². The number of aromatic nitrogens is 3. The first-order valence-electron chi connectivity index (χ1n) is 7.37. The van der Waals surface area contributed by atoms with E-state index >= 15 is 0 Å². The third-order valence-corrected chi connectivity index (χ3v) is 5.73. The van der Waals surface area contributed by atoms with Crippen LogP contribution >= 0.6 is 11.7 Å². The highest BCUT2D eigenvalue weighted by atomic mass is 32.2. The molecule has 0 radical (unpaired) electrons. The summed E-state index contributed by atoms with van der Waals surface area (Å²) in [5.41, 5.74) is 2.07. The Kier molecular flexibility index (Phi) is 3.58. The van der Waals surface area contributed by atoms with Gasteiger partial charge in [-0.3, -0.25) is 9.29 Å². The average Bonchev–Trinajstić information content (AvgIpc) is 3.16. The molecule has 2 aromatic heterocycles. The number of rotatable bonds is 4. The zero-order valence-electron chi connectivity index (χ0n) is 13.0. The van der Waals surface area contributed by atoms with Crippen LogP contribution in [0.3, 0.4) is 0 Å². The molecule has 0 saturated carbocycles. The monoisotopic (exact) mass is 376 g/mol. The summed E-state index contributed by atoms with van der Waals surface area (Å²) in [7, 11) is -3.86. The summed E-state index contributed by atoms with van der Waals surface area (Å²) in [6.07, 6.45) is 0. The summed E-state index contributed by atoms with van der Waals surface area (Å²) in [6, 6.07) is 9.50. The predicted molar refractivity (Wildman–Crippen MR) is 94.4 cm³/mol. The van der Waals surface area contributed by atoms with Gasteiger partial charge in [0.05, 0.1) is 22.9 Å². The highest BCUT2D eigenvalue weighted by molar-refractivity contribution is 7.93. The van der Waals surface area contributed by atoms with Crippen LogP contribution in [0.4, 0.5) is 5.69 Å². The summed E-state index contributed by atoms with van der Waals surface area (Å²) >= 11 is 0.953. The van der Waals surface area contributed by atoms with Gasteiger partial charge in [0.25, 0.3) is 10.0 Å². The zero-order valence-corrected chi connectivity index (χ0v) is 14.6. The fourth-order valence-corrected chi connectivity index (χ4v) is 4.45. The van der Waals surface area contributed by atoms with E-state index in [0.29, 0.717) is 34.4 Å². The number of nitrogens with zero attached hydrogens (tertiary/aromatic N) is 3. The van der Waals surface area contributed by atoms with Crippen LogP contribution in [0.25, 0.3) is 22.1 Å². The van der Waals surface area contributed by atoms with Crippen molar-refractivity contribution in [3.8, 4) is 0 Å². The van der Waals surface area contributed by atoms with E-state index in [4.69, 9.17) is 4.42 Å². The molecule has 0 saturated heterocycles. The minimum Gasteiger partial charge on any atom is -0.408 e. The maximum atomic E-state index is 12.7. The number of fused-ring (bicyclic) bond motifs is 2. The lowest BCUT2D eigenvalue weighted by Gasteiger charge is -2.08. The molecule has 0 aliphatic heterocycles. The predicted octanol–water partition coefficient (Wildman–Crippen LogP) is 2.42. The molecule has 0 unspecified atom stereocenters. The molecular weight excluding hydrogens is 364 g/mol. The SMILES string of the molecule is CCn1c(=O)oc2cc(NS(=O)(=O)c3cccc4nsnc34)ccc21. The van der Waals surface area contributed by atoms with Crippen molar-refractivity contribution in [2.45, 2.75) is 18.4 Å². The Morgan fingerprint density at radius 3 is 2.88 bits per heavy atom. The molecule has 0 bridgehead atoms. The van der Waals surface area contributed by atoms with Crippen LogP contribution in [0.15, 0.2) is 50.5 Å². The highest BCUT2D eigenvalue weighted by Crippen LogP contribution is 2.25. The summed E-state index contributed by atoms with van der Waals surface area (Å²) < 4.78 is 42.6. The Bertz CT molecular complexity index is 1250. The normalized spacial score (nSPS) is 12.0. The van der Waals surface area contributed by atoms with Gasteiger partial charge in [0.1, 0.15) is 15.9 Å². The third-order valence-electron chi connectivity index (χ3n) is 3.78. The van der Waals surface area contributed by atoms with Crippen LogP contribution < -0.4 is 10.5 Å². The number of hydrogen-bond donors (Lipinski definition) is 1. The first-order chi connectivity index (χ1) is 12.0. The van der Waals surface area contributed by atoms with Gasteiger partial charge in [-0.15, -0.1) is 0 Å². The number of benzene rings is 2. The Morgan fingerprint density at radius 2 is 2.08 bits per heavy atom. The standard InChI is InChI=1S/C15H12N4O4S2/c1-2-19-11-7-6-9(8-12(11)23-15(19)20)18-25(21,22)13-5-3-4-10-14(13)17-24-16-10/h3-8,18H,2H2,1H3. The van der Waals surface area contributed by atoms with E-state index < -0.39 is 15.8 Å². The topological polar surface area (TPSA) is 107 Å². The molecular formula is C15H12N4O4S2. The van der Waals surface area contributed by atoms with E-state index in [2.05, 4.69) is 13.5 Å². The molecule has 2 heterocycles. The second-order valence-corrected chi connectivity index (χ2v) is 7.47. The van der Waals surface area contributed by atoms with Gasteiger partial charge in [-0.2, -0.15) is 8.75 Å². The number of hydrogen-bond acceptors (Lipinski definition) is 7. The van der Waals surface area contributed by atoms with Gasteiger partial charge < -0.3 is 4.42 Å². The van der Waals surface area contributed by atoms with Crippen molar-refractivity contribution in [1.82, 2.24) is 13.3 Å². The van der Waals surface area contributed by atoms with E-state index in [0.717, 1.165) is 11.7 Å². The van der Waals surface area contributed by atoms with Gasteiger partial charge in [-0.05, 0) is 31.2 Å². The molecule has 0 spiro atoms. The van der Waals surface area contributed by atoms with Crippen LogP contribution in [0.5, 0.6) is 0 Å². The van der Waals surface area contributed by atoms with E-state index in [1.54, 1.807) is 24.3 Å². The lowest BCUT2D eigenvalue weighted by atomic mass is 10.3. The number of nitrogens with one attached hydrogen (secondary N) is 1. The van der Waals surface area contributed by atoms with Crippen LogP contribution in [0.2, 0.25) is 0 Å². The molecule has 0 amide bonds. The highest BCUT2D eigenvalue weighted by Gasteiger charge is 2.20. The van der Waals surface area contributed by atoms with Crippen molar-refractivity contribution in [2.24, 2.45) is 0 Å². The van der Waals surface area contributed by atoms with Crippen molar-refractivity contribution < 1.29 is 12.8 Å². The zero-order chi connectivity index (χ0) is 17.6. The maximum absolute atomic E-state index is 12.7. The number of anilines is 1. The molecule has 0 aliphatic rings. The minimum atomic E-state index is -3.86. The maximum Gasteiger partial charge on any atom is 0.419 e. The van der Waals surface area contributed by atoms with E-state index in [1.807, 2.05) is 6.92 Å². The van der Waals surface area contributed by atoms with Crippen LogP contribution in [-0.4, -0.2) is 21.7 Å². The van der Waals surface area contributed by atoms with E-state index in [9.17, 15) is 13.2 Å². The lowest BCUT2D eigenvalue weighted by Crippen LogP contribution is -2.13. The van der Waals surface area contributed by atoms with Gasteiger partial charge in [-0.1, -0.05) is 6.07 Å². The third kappa shape index (κ3) is 2.59. The van der Waals surface area contributed by atoms with Crippen molar-refractivity contribution >= 4 is 49.6 Å². The first kappa shape index (κ1) is 15.8. The number of sulfonamides is 1. The van der Waals surface area contributed by atoms with Gasteiger partial charge in [0.15, 0.2) is 5.58 Å². The molecule has 0 atom stereocenters. The molecule has 2 aromatic carbocycles. The molecule has 8 nitrogen and oxygen atoms in total. The summed E-state index contributed by atoms with van der Waals surface area (Å²) in [6.45, 7) is 2.30. The van der Waals surface area contributed by atoms with Crippen LogP contribution in [-0.2, 0) is 16.6 Å². The molecule has 10 heteroatoms. The van der Waals surface area contributed by atoms with Gasteiger partial charge in [0.2, 0.25) is 0 Å². The second-order valence-electron chi connectivity index (χ2n) is 5.29. The quantitative estimate of drug-likeness (QED) is 0.586. The number of oxazole rings is 1. The second kappa shape index (κ2) is 5.67. The largest absolute Gasteiger partial charge is 0.419 e. The molecule has 0 fully saturated rings. The van der Waals surface area contributed by atoms with Crippen LogP contribution in [0.1, 0.15) is 6.92 Å². The summed E-state index contributed by atoms with van der Waals surface area (Å²) in [5, 5.41) is 0. The average molecular weight is 376 g/mol. The molecule has 128 valence electrons. The smallest absolute Gasteiger partial charge is 0.408 e. The summed E-state index contributed by atoms with van der Waals surface area (Å²) in [4.78, 5) is 11.8. The lowest BCUT2D eigenvalue weighted by molar-refractivity contribution is 0.513. The van der Waals surface area contributed by atoms with Crippen LogP contribution in [0, 0.1) is 0 Å². The van der Waals surface area contributed by atoms with E-state index in [-0.39, 0.29) is 4.90 Å². The number of aryl methyl sites for hydroxylation is 1. The minimum absolute atomic E-state index is 0.0476. The molecule has 0 aliphatic carbocycles. The molecule has 25 heavy (non-hydrogen) atoms. The van der Waals surface area contributed by atoms with Gasteiger partial charge in [0, 0.05) is 12.6 Å². The Labute approximate surface area is 146 Å².